The number of aromatic carboxylic acids is 1. The summed E-state index contributed by atoms with van der Waals surface area (Å²) in [6.45, 7) is 2.26. The van der Waals surface area contributed by atoms with Gasteiger partial charge in [0.2, 0.25) is 0 Å². The summed E-state index contributed by atoms with van der Waals surface area (Å²) in [5.41, 5.74) is 1.17. The van der Waals surface area contributed by atoms with E-state index < -0.39 is 5.97 Å². The summed E-state index contributed by atoms with van der Waals surface area (Å²) in [4.78, 5) is 13.2. The number of piperidine rings is 1. The summed E-state index contributed by atoms with van der Waals surface area (Å²) in [5, 5.41) is 13.2. The molecule has 17 heavy (non-hydrogen) atoms. The summed E-state index contributed by atoms with van der Waals surface area (Å²) < 4.78 is 1.45. The molecule has 1 aliphatic heterocycles. The molecule has 0 aliphatic carbocycles. The first-order valence-corrected chi connectivity index (χ1v) is 6.01. The van der Waals surface area contributed by atoms with Gasteiger partial charge in [-0.2, -0.15) is 5.10 Å². The second-order valence-corrected chi connectivity index (χ2v) is 4.90. The Morgan fingerprint density at radius 2 is 2.12 bits per heavy atom. The topological polar surface area (TPSA) is 58.4 Å². The smallest absolute Gasteiger partial charge is 0.354 e. The van der Waals surface area contributed by atoms with Crippen LogP contribution in [0.5, 0.6) is 0 Å². The quantitative estimate of drug-likeness (QED) is 0.852. The van der Waals surface area contributed by atoms with E-state index >= 15 is 0 Å². The number of rotatable bonds is 3. The van der Waals surface area contributed by atoms with Gasteiger partial charge in [-0.25, -0.2) is 4.79 Å². The maximum atomic E-state index is 10.9. The highest BCUT2D eigenvalue weighted by Gasteiger charge is 2.19. The second kappa shape index (κ2) is 4.87. The number of likely N-dealkylation sites (tertiary alicyclic amines) is 1. The Morgan fingerprint density at radius 1 is 1.47 bits per heavy atom. The van der Waals surface area contributed by atoms with E-state index in [1.807, 2.05) is 0 Å². The molecule has 2 rings (SSSR count). The van der Waals surface area contributed by atoms with Crippen LogP contribution in [0, 0.1) is 5.92 Å². The first-order valence-electron chi connectivity index (χ1n) is 6.01. The van der Waals surface area contributed by atoms with Crippen molar-refractivity contribution in [2.45, 2.75) is 19.3 Å². The van der Waals surface area contributed by atoms with E-state index in [1.165, 1.54) is 17.5 Å². The minimum absolute atomic E-state index is 0.271. The molecule has 94 valence electrons. The number of carboxylic acids is 1. The van der Waals surface area contributed by atoms with E-state index in [-0.39, 0.29) is 5.69 Å². The molecule has 5 nitrogen and oxygen atoms in total. The lowest BCUT2D eigenvalue weighted by Gasteiger charge is -2.28. The first kappa shape index (κ1) is 12.1. The van der Waals surface area contributed by atoms with Crippen molar-refractivity contribution < 1.29 is 9.90 Å². The van der Waals surface area contributed by atoms with Crippen molar-refractivity contribution >= 4 is 5.97 Å². The molecule has 1 saturated heterocycles. The molecule has 1 N–H and O–H groups in total. The summed E-state index contributed by atoms with van der Waals surface area (Å²) in [5.74, 6) is -0.266. The van der Waals surface area contributed by atoms with E-state index in [0.717, 1.165) is 25.2 Å². The molecule has 1 fully saturated rings. The number of carbonyl (C=O) groups is 1. The summed E-state index contributed by atoms with van der Waals surface area (Å²) in [7, 11) is 3.82. The Morgan fingerprint density at radius 3 is 2.65 bits per heavy atom. The van der Waals surface area contributed by atoms with Crippen LogP contribution in [0.1, 0.15) is 29.0 Å². The van der Waals surface area contributed by atoms with Gasteiger partial charge < -0.3 is 10.0 Å². The van der Waals surface area contributed by atoms with Crippen LogP contribution in [0.4, 0.5) is 0 Å². The van der Waals surface area contributed by atoms with Gasteiger partial charge in [-0.05, 0) is 51.4 Å². The van der Waals surface area contributed by atoms with E-state index in [0.29, 0.717) is 5.92 Å². The molecule has 0 radical (unpaired) electrons. The van der Waals surface area contributed by atoms with Crippen LogP contribution in [0.2, 0.25) is 0 Å². The van der Waals surface area contributed by atoms with Crippen molar-refractivity contribution in [3.05, 3.63) is 17.5 Å². The van der Waals surface area contributed by atoms with Gasteiger partial charge in [0, 0.05) is 7.05 Å². The van der Waals surface area contributed by atoms with E-state index in [1.54, 1.807) is 13.1 Å². The molecular weight excluding hydrogens is 218 g/mol. The predicted octanol–water partition coefficient (Wildman–Crippen LogP) is 1.00. The van der Waals surface area contributed by atoms with Crippen LogP contribution < -0.4 is 0 Å². The van der Waals surface area contributed by atoms with Crippen LogP contribution >= 0.6 is 0 Å². The molecule has 1 aromatic heterocycles. The van der Waals surface area contributed by atoms with Gasteiger partial charge in [-0.3, -0.25) is 4.68 Å². The van der Waals surface area contributed by atoms with Crippen molar-refractivity contribution in [3.63, 3.8) is 0 Å². The van der Waals surface area contributed by atoms with Crippen molar-refractivity contribution in [2.75, 3.05) is 20.1 Å². The highest BCUT2D eigenvalue weighted by Crippen LogP contribution is 2.20. The van der Waals surface area contributed by atoms with Gasteiger partial charge in [-0.15, -0.1) is 0 Å². The van der Waals surface area contributed by atoms with E-state index in [9.17, 15) is 4.79 Å². The third-order valence-electron chi connectivity index (χ3n) is 3.49. The zero-order valence-electron chi connectivity index (χ0n) is 10.4. The van der Waals surface area contributed by atoms with Crippen molar-refractivity contribution in [2.24, 2.45) is 13.0 Å². The minimum Gasteiger partial charge on any atom is -0.477 e. The zero-order valence-corrected chi connectivity index (χ0v) is 10.4. The summed E-state index contributed by atoms with van der Waals surface area (Å²) in [6, 6.07) is 1.70. The van der Waals surface area contributed by atoms with E-state index in [2.05, 4.69) is 17.0 Å². The van der Waals surface area contributed by atoms with Gasteiger partial charge in [0.15, 0.2) is 0 Å². The lowest BCUT2D eigenvalue weighted by molar-refractivity contribution is 0.0685. The van der Waals surface area contributed by atoms with Crippen LogP contribution in [-0.2, 0) is 13.5 Å². The predicted molar refractivity (Wildman–Crippen MR) is 64.1 cm³/mol. The van der Waals surface area contributed by atoms with Gasteiger partial charge in [0.25, 0.3) is 0 Å². The normalized spacial score (nSPS) is 18.5. The molecule has 0 unspecified atom stereocenters. The van der Waals surface area contributed by atoms with Crippen LogP contribution in [0.3, 0.4) is 0 Å². The number of aromatic nitrogens is 2. The maximum absolute atomic E-state index is 10.9. The Hall–Kier alpha value is -1.36. The Bertz CT molecular complexity index is 406. The third-order valence-corrected chi connectivity index (χ3v) is 3.49. The average molecular weight is 237 g/mol. The van der Waals surface area contributed by atoms with Gasteiger partial charge in [0.1, 0.15) is 5.69 Å². The number of hydrogen-bond donors (Lipinski definition) is 1. The molecule has 0 spiro atoms. The fraction of sp³-hybridized carbons (Fsp3) is 0.667. The Kier molecular flexibility index (Phi) is 3.47. The van der Waals surface area contributed by atoms with Crippen LogP contribution in [-0.4, -0.2) is 45.9 Å². The number of aryl methyl sites for hydroxylation is 1. The first-order chi connectivity index (χ1) is 8.06. The zero-order chi connectivity index (χ0) is 12.4. The van der Waals surface area contributed by atoms with Crippen LogP contribution in [0.15, 0.2) is 6.07 Å². The molecule has 0 saturated carbocycles. The fourth-order valence-electron chi connectivity index (χ4n) is 2.39. The highest BCUT2D eigenvalue weighted by molar-refractivity contribution is 5.85. The lowest BCUT2D eigenvalue weighted by Crippen LogP contribution is -2.31. The van der Waals surface area contributed by atoms with Crippen molar-refractivity contribution in [1.29, 1.82) is 0 Å². The Balaban J connectivity index is 1.99. The van der Waals surface area contributed by atoms with E-state index in [4.69, 9.17) is 5.11 Å². The highest BCUT2D eigenvalue weighted by atomic mass is 16.4. The molecule has 2 heterocycles. The summed E-state index contributed by atoms with van der Waals surface area (Å²) >= 11 is 0. The molecule has 0 aromatic carbocycles. The number of hydrogen-bond acceptors (Lipinski definition) is 3. The van der Waals surface area contributed by atoms with Crippen molar-refractivity contribution in [1.82, 2.24) is 14.7 Å². The monoisotopic (exact) mass is 237 g/mol. The molecule has 1 aliphatic rings. The number of carboxylic acid groups (broad SMARTS) is 1. The molecule has 5 heteroatoms. The Labute approximate surface area is 101 Å². The summed E-state index contributed by atoms with van der Waals surface area (Å²) in [6.07, 6.45) is 3.25. The third kappa shape index (κ3) is 2.85. The molecule has 0 atom stereocenters. The van der Waals surface area contributed by atoms with Gasteiger partial charge >= 0.3 is 5.97 Å². The van der Waals surface area contributed by atoms with Gasteiger partial charge in [-0.1, -0.05) is 0 Å². The molecule has 0 bridgehead atoms. The minimum atomic E-state index is -0.908. The van der Waals surface area contributed by atoms with Crippen LogP contribution in [0.25, 0.3) is 0 Å². The lowest BCUT2D eigenvalue weighted by atomic mass is 9.92. The molecular formula is C12H19N3O2. The largest absolute Gasteiger partial charge is 0.477 e. The maximum Gasteiger partial charge on any atom is 0.354 e. The SMILES string of the molecule is CN1CCC(Cc2cc(C(=O)O)n(C)n2)CC1. The van der Waals surface area contributed by atoms with Gasteiger partial charge in [0.05, 0.1) is 5.69 Å². The molecule has 1 aromatic rings. The second-order valence-electron chi connectivity index (χ2n) is 4.90. The average Bonchev–Trinajstić information content (AvgIpc) is 2.63. The standard InChI is InChI=1S/C12H19N3O2/c1-14-5-3-9(4-6-14)7-10-8-11(12(16)17)15(2)13-10/h8-9H,3-7H2,1-2H3,(H,16,17). The number of nitrogens with zero attached hydrogens (tertiary/aromatic N) is 3. The molecule has 0 amide bonds. The van der Waals surface area contributed by atoms with Crippen molar-refractivity contribution in [3.8, 4) is 0 Å². The fourth-order valence-corrected chi connectivity index (χ4v) is 2.39.